The van der Waals surface area contributed by atoms with Crippen LogP contribution in [0.5, 0.6) is 0 Å². The molecule has 1 aliphatic heterocycles. The lowest BCUT2D eigenvalue weighted by Crippen LogP contribution is -2.20. The summed E-state index contributed by atoms with van der Waals surface area (Å²) in [6.07, 6.45) is 0. The van der Waals surface area contributed by atoms with Crippen LogP contribution >= 0.6 is 0 Å². The molecule has 0 unspecified atom stereocenters. The number of nitrogens with zero attached hydrogens (tertiary/aromatic N) is 2. The highest BCUT2D eigenvalue weighted by Crippen LogP contribution is 2.17. The van der Waals surface area contributed by atoms with Gasteiger partial charge in [0.2, 0.25) is 5.91 Å². The first-order valence-electron chi connectivity index (χ1n) is 4.72. The number of benzene rings is 1. The van der Waals surface area contributed by atoms with Crippen molar-refractivity contribution in [3.05, 3.63) is 39.9 Å². The van der Waals surface area contributed by atoms with E-state index in [4.69, 9.17) is 0 Å². The molecule has 1 atom stereocenters. The van der Waals surface area contributed by atoms with Crippen molar-refractivity contribution in [1.29, 1.82) is 0 Å². The van der Waals surface area contributed by atoms with Gasteiger partial charge in [-0.15, -0.1) is 0 Å². The van der Waals surface area contributed by atoms with Gasteiger partial charge in [0.25, 0.3) is 5.69 Å². The summed E-state index contributed by atoms with van der Waals surface area (Å²) in [6, 6.07) is 5.97. The molecule has 6 heteroatoms. The van der Waals surface area contributed by atoms with Crippen LogP contribution in [0.4, 0.5) is 5.69 Å². The molecule has 0 bridgehead atoms. The number of non-ortho nitro benzene ring substituents is 1. The monoisotopic (exact) mass is 219 g/mol. The maximum atomic E-state index is 11.2. The molecule has 1 heterocycles. The molecule has 2 rings (SSSR count). The summed E-state index contributed by atoms with van der Waals surface area (Å²) in [5, 5.41) is 14.3. The fraction of sp³-hybridized carbons (Fsp3) is 0.200. The summed E-state index contributed by atoms with van der Waals surface area (Å²) < 4.78 is 0. The van der Waals surface area contributed by atoms with Gasteiger partial charge in [0.15, 0.2) is 0 Å². The highest BCUT2D eigenvalue weighted by Gasteiger charge is 2.26. The van der Waals surface area contributed by atoms with E-state index in [0.717, 1.165) is 5.56 Å². The number of nitro groups is 1. The molecule has 1 aliphatic rings. The molecule has 0 radical (unpaired) electrons. The highest BCUT2D eigenvalue weighted by molar-refractivity contribution is 6.15. The Balaban J connectivity index is 2.29. The lowest BCUT2D eigenvalue weighted by atomic mass is 9.99. The third-order valence-electron chi connectivity index (χ3n) is 2.46. The van der Waals surface area contributed by atoms with Crippen LogP contribution in [0, 0.1) is 16.0 Å². The van der Waals surface area contributed by atoms with Crippen LogP contribution in [0.2, 0.25) is 0 Å². The van der Waals surface area contributed by atoms with Gasteiger partial charge < -0.3 is 0 Å². The molecule has 0 saturated heterocycles. The van der Waals surface area contributed by atoms with Crippen LogP contribution in [0.3, 0.4) is 0 Å². The second kappa shape index (κ2) is 3.73. The molecule has 6 nitrogen and oxygen atoms in total. The lowest BCUT2D eigenvalue weighted by molar-refractivity contribution is -0.384. The number of carbonyl (C=O) groups is 1. The number of amides is 1. The smallest absolute Gasteiger partial charge is 0.269 e. The third-order valence-corrected chi connectivity index (χ3v) is 2.46. The predicted molar refractivity (Wildman–Crippen MR) is 56.9 cm³/mol. The number of carbonyl (C=O) groups excluding carboxylic acids is 1. The number of hydrogen-bond donors (Lipinski definition) is 1. The zero-order valence-corrected chi connectivity index (χ0v) is 8.51. The zero-order valence-electron chi connectivity index (χ0n) is 8.51. The van der Waals surface area contributed by atoms with Crippen molar-refractivity contribution in [2.75, 3.05) is 0 Å². The quantitative estimate of drug-likeness (QED) is 0.596. The van der Waals surface area contributed by atoms with E-state index in [1.54, 1.807) is 19.1 Å². The van der Waals surface area contributed by atoms with E-state index >= 15 is 0 Å². The van der Waals surface area contributed by atoms with Crippen LogP contribution in [0.25, 0.3) is 0 Å². The van der Waals surface area contributed by atoms with Gasteiger partial charge in [-0.25, -0.2) is 5.43 Å². The van der Waals surface area contributed by atoms with Crippen molar-refractivity contribution in [1.82, 2.24) is 5.43 Å². The molecule has 0 spiro atoms. The minimum absolute atomic E-state index is 0.0225. The molecule has 0 saturated carbocycles. The van der Waals surface area contributed by atoms with Gasteiger partial charge >= 0.3 is 0 Å². The molecular formula is C10H9N3O3. The SMILES string of the molecule is C[C@@H]1C(=O)NN=C1c1ccc([N+](=O)[O-])cc1. The summed E-state index contributed by atoms with van der Waals surface area (Å²) in [4.78, 5) is 21.2. The zero-order chi connectivity index (χ0) is 11.7. The second-order valence-electron chi connectivity index (χ2n) is 3.50. The van der Waals surface area contributed by atoms with Gasteiger partial charge in [-0.1, -0.05) is 0 Å². The van der Waals surface area contributed by atoms with E-state index in [-0.39, 0.29) is 17.5 Å². The number of nitrogens with one attached hydrogen (secondary N) is 1. The summed E-state index contributed by atoms with van der Waals surface area (Å²) in [7, 11) is 0. The molecule has 1 aromatic carbocycles. The summed E-state index contributed by atoms with van der Waals surface area (Å²) in [5.74, 6) is -0.477. The Hall–Kier alpha value is -2.24. The standard InChI is InChI=1S/C10H9N3O3/c1-6-9(11-12-10(6)14)7-2-4-8(5-3-7)13(15)16/h2-6H,1H3,(H,12,14)/t6-/m0/s1. The predicted octanol–water partition coefficient (Wildman–Crippen LogP) is 1.06. The minimum atomic E-state index is -0.465. The molecular weight excluding hydrogens is 210 g/mol. The maximum absolute atomic E-state index is 11.2. The van der Waals surface area contributed by atoms with Gasteiger partial charge in [0.05, 0.1) is 16.6 Å². The number of hydrogen-bond acceptors (Lipinski definition) is 4. The van der Waals surface area contributed by atoms with Crippen molar-refractivity contribution >= 4 is 17.3 Å². The van der Waals surface area contributed by atoms with Crippen LogP contribution in [0.1, 0.15) is 12.5 Å². The molecule has 16 heavy (non-hydrogen) atoms. The first-order valence-corrected chi connectivity index (χ1v) is 4.72. The Morgan fingerprint density at radius 3 is 2.44 bits per heavy atom. The van der Waals surface area contributed by atoms with Gasteiger partial charge in [0.1, 0.15) is 0 Å². The van der Waals surface area contributed by atoms with E-state index in [0.29, 0.717) is 5.71 Å². The molecule has 0 fully saturated rings. The highest BCUT2D eigenvalue weighted by atomic mass is 16.6. The van der Waals surface area contributed by atoms with Crippen molar-refractivity contribution in [3.63, 3.8) is 0 Å². The minimum Gasteiger partial charge on any atom is -0.272 e. The molecule has 1 aromatic rings. The van der Waals surface area contributed by atoms with Crippen molar-refractivity contribution < 1.29 is 9.72 Å². The molecule has 82 valence electrons. The maximum Gasteiger partial charge on any atom is 0.269 e. The van der Waals surface area contributed by atoms with Gasteiger partial charge in [-0.05, 0) is 24.6 Å². The average molecular weight is 219 g/mol. The van der Waals surface area contributed by atoms with E-state index in [1.807, 2.05) is 0 Å². The normalized spacial score (nSPS) is 19.2. The molecule has 1 N–H and O–H groups in total. The van der Waals surface area contributed by atoms with Crippen molar-refractivity contribution in [2.24, 2.45) is 11.0 Å². The van der Waals surface area contributed by atoms with Gasteiger partial charge in [-0.3, -0.25) is 14.9 Å². The summed E-state index contributed by atoms with van der Waals surface area (Å²) >= 11 is 0. The largest absolute Gasteiger partial charge is 0.272 e. The van der Waals surface area contributed by atoms with E-state index in [9.17, 15) is 14.9 Å². The second-order valence-corrected chi connectivity index (χ2v) is 3.50. The van der Waals surface area contributed by atoms with E-state index < -0.39 is 4.92 Å². The summed E-state index contributed by atoms with van der Waals surface area (Å²) in [5.41, 5.74) is 3.72. The fourth-order valence-corrected chi connectivity index (χ4v) is 1.50. The molecule has 0 aliphatic carbocycles. The Morgan fingerprint density at radius 1 is 1.38 bits per heavy atom. The average Bonchev–Trinajstić information content (AvgIpc) is 2.60. The van der Waals surface area contributed by atoms with Gasteiger partial charge in [-0.2, -0.15) is 5.10 Å². The summed E-state index contributed by atoms with van der Waals surface area (Å²) in [6.45, 7) is 1.74. The van der Waals surface area contributed by atoms with E-state index in [1.165, 1.54) is 12.1 Å². The number of nitro benzene ring substituents is 1. The molecule has 0 aromatic heterocycles. The number of hydrazone groups is 1. The first kappa shape index (κ1) is 10.3. The Morgan fingerprint density at radius 2 is 2.00 bits per heavy atom. The Labute approximate surface area is 91.1 Å². The molecule has 1 amide bonds. The topological polar surface area (TPSA) is 84.6 Å². The third kappa shape index (κ3) is 1.65. The number of rotatable bonds is 2. The fourth-order valence-electron chi connectivity index (χ4n) is 1.50. The van der Waals surface area contributed by atoms with Crippen LogP contribution in [-0.2, 0) is 4.79 Å². The van der Waals surface area contributed by atoms with Crippen LogP contribution in [0.15, 0.2) is 29.4 Å². The van der Waals surface area contributed by atoms with Gasteiger partial charge in [0, 0.05) is 12.1 Å². The van der Waals surface area contributed by atoms with Crippen molar-refractivity contribution in [3.8, 4) is 0 Å². The van der Waals surface area contributed by atoms with Crippen molar-refractivity contribution in [2.45, 2.75) is 6.92 Å². The lowest BCUT2D eigenvalue weighted by Gasteiger charge is -2.03. The van der Waals surface area contributed by atoms with Crippen LogP contribution in [-0.4, -0.2) is 16.5 Å². The van der Waals surface area contributed by atoms with E-state index in [2.05, 4.69) is 10.5 Å². The Kier molecular flexibility index (Phi) is 2.40. The first-order chi connectivity index (χ1) is 7.59. The van der Waals surface area contributed by atoms with Crippen LogP contribution < -0.4 is 5.43 Å². The Bertz CT molecular complexity index is 479.